The lowest BCUT2D eigenvalue weighted by molar-refractivity contribution is -0.120. The van der Waals surface area contributed by atoms with E-state index >= 15 is 0 Å². The molecule has 2 aromatic heterocycles. The summed E-state index contributed by atoms with van der Waals surface area (Å²) in [7, 11) is 0. The van der Waals surface area contributed by atoms with Gasteiger partial charge in [-0.3, -0.25) is 14.3 Å². The third kappa shape index (κ3) is 6.13. The molecular weight excluding hydrogens is 476 g/mol. The van der Waals surface area contributed by atoms with E-state index in [0.29, 0.717) is 6.42 Å². The van der Waals surface area contributed by atoms with Crippen molar-refractivity contribution in [2.24, 2.45) is 5.92 Å². The van der Waals surface area contributed by atoms with Crippen molar-refractivity contribution >= 4 is 11.7 Å². The van der Waals surface area contributed by atoms with Crippen LogP contribution >= 0.6 is 0 Å². The number of amides is 1. The predicted molar refractivity (Wildman–Crippen MR) is 124 cm³/mol. The molecule has 4 rings (SSSR count). The van der Waals surface area contributed by atoms with Crippen LogP contribution in [0.1, 0.15) is 38.1 Å². The molecular formula is C24H27F2N5O5. The third-order valence-corrected chi connectivity index (χ3v) is 6.07. The summed E-state index contributed by atoms with van der Waals surface area (Å²) in [6, 6.07) is 4.86. The third-order valence-electron chi connectivity index (χ3n) is 6.07. The van der Waals surface area contributed by atoms with Crippen LogP contribution < -0.4 is 15.6 Å². The minimum atomic E-state index is -0.995. The lowest BCUT2D eigenvalue weighted by atomic mass is 9.98. The van der Waals surface area contributed by atoms with Crippen molar-refractivity contribution in [1.82, 2.24) is 19.6 Å². The first-order valence-electron chi connectivity index (χ1n) is 11.7. The SMILES string of the molecule is O=C(Nc1ccn(C[C@H](O)CO)n1)[C@H](CC1CCCC1)n1ncc(Oc2c(F)cccc2F)cc1=O. The summed E-state index contributed by atoms with van der Waals surface area (Å²) in [5.74, 6) is -2.73. The summed E-state index contributed by atoms with van der Waals surface area (Å²) in [5.41, 5.74) is -0.668. The molecule has 2 atom stereocenters. The highest BCUT2D eigenvalue weighted by molar-refractivity contribution is 5.92. The molecule has 0 aliphatic heterocycles. The molecule has 1 fully saturated rings. The summed E-state index contributed by atoms with van der Waals surface area (Å²) in [5, 5.41) is 29.5. The van der Waals surface area contributed by atoms with Gasteiger partial charge in [0.2, 0.25) is 0 Å². The van der Waals surface area contributed by atoms with Crippen LogP contribution in [-0.4, -0.2) is 48.4 Å². The van der Waals surface area contributed by atoms with Crippen LogP contribution in [-0.2, 0) is 11.3 Å². The van der Waals surface area contributed by atoms with Crippen LogP contribution in [0.25, 0.3) is 0 Å². The van der Waals surface area contributed by atoms with Crippen LogP contribution in [0.15, 0.2) is 47.5 Å². The van der Waals surface area contributed by atoms with Gasteiger partial charge in [-0.2, -0.15) is 10.2 Å². The van der Waals surface area contributed by atoms with Crippen LogP contribution in [0.3, 0.4) is 0 Å². The molecule has 1 amide bonds. The van der Waals surface area contributed by atoms with Crippen molar-refractivity contribution < 1.29 is 28.5 Å². The number of hydrogen-bond acceptors (Lipinski definition) is 7. The second-order valence-corrected chi connectivity index (χ2v) is 8.78. The largest absolute Gasteiger partial charge is 0.449 e. The Balaban J connectivity index is 1.55. The molecule has 0 spiro atoms. The second-order valence-electron chi connectivity index (χ2n) is 8.78. The van der Waals surface area contributed by atoms with Gasteiger partial charge in [-0.1, -0.05) is 31.7 Å². The first kappa shape index (κ1) is 25.5. The van der Waals surface area contributed by atoms with E-state index < -0.39 is 47.6 Å². The van der Waals surface area contributed by atoms with Crippen LogP contribution in [0.5, 0.6) is 11.5 Å². The Morgan fingerprint density at radius 2 is 1.94 bits per heavy atom. The maximum atomic E-state index is 13.9. The summed E-state index contributed by atoms with van der Waals surface area (Å²) in [6.07, 6.45) is 6.00. The Labute approximate surface area is 205 Å². The van der Waals surface area contributed by atoms with Gasteiger partial charge in [0.15, 0.2) is 29.0 Å². The first-order chi connectivity index (χ1) is 17.3. The van der Waals surface area contributed by atoms with Crippen molar-refractivity contribution in [1.29, 1.82) is 0 Å². The minimum absolute atomic E-state index is 0.0446. The number of carbonyl (C=O) groups excluding carboxylic acids is 1. The zero-order valence-electron chi connectivity index (χ0n) is 19.4. The molecule has 12 heteroatoms. The molecule has 0 radical (unpaired) electrons. The molecule has 0 saturated heterocycles. The zero-order valence-corrected chi connectivity index (χ0v) is 19.4. The number of aliphatic hydroxyl groups is 2. The van der Waals surface area contributed by atoms with E-state index in [0.717, 1.165) is 54.8 Å². The van der Waals surface area contributed by atoms with Gasteiger partial charge in [0.25, 0.3) is 11.5 Å². The number of anilines is 1. The van der Waals surface area contributed by atoms with Crippen LogP contribution in [0.4, 0.5) is 14.6 Å². The first-order valence-corrected chi connectivity index (χ1v) is 11.7. The summed E-state index contributed by atoms with van der Waals surface area (Å²) < 4.78 is 35.5. The highest BCUT2D eigenvalue weighted by Gasteiger charge is 2.29. The lowest BCUT2D eigenvalue weighted by Gasteiger charge is -2.21. The fourth-order valence-electron chi connectivity index (χ4n) is 4.28. The number of nitrogens with one attached hydrogen (secondary N) is 1. The number of ether oxygens (including phenoxy) is 1. The fourth-order valence-corrected chi connectivity index (χ4v) is 4.28. The van der Waals surface area contributed by atoms with Crippen molar-refractivity contribution in [3.05, 3.63) is 64.7 Å². The van der Waals surface area contributed by atoms with E-state index in [1.807, 2.05) is 0 Å². The predicted octanol–water partition coefficient (Wildman–Crippen LogP) is 2.62. The van der Waals surface area contributed by atoms with Gasteiger partial charge in [-0.15, -0.1) is 0 Å². The molecule has 36 heavy (non-hydrogen) atoms. The number of nitrogens with zero attached hydrogens (tertiary/aromatic N) is 4. The highest BCUT2D eigenvalue weighted by Crippen LogP contribution is 2.32. The molecule has 10 nitrogen and oxygen atoms in total. The maximum absolute atomic E-state index is 13.9. The van der Waals surface area contributed by atoms with Gasteiger partial charge >= 0.3 is 0 Å². The minimum Gasteiger partial charge on any atom is -0.449 e. The molecule has 192 valence electrons. The van der Waals surface area contributed by atoms with Crippen LogP contribution in [0.2, 0.25) is 0 Å². The number of rotatable bonds is 10. The van der Waals surface area contributed by atoms with Crippen molar-refractivity contribution in [2.75, 3.05) is 11.9 Å². The molecule has 2 heterocycles. The Morgan fingerprint density at radius 3 is 2.61 bits per heavy atom. The molecule has 1 aliphatic rings. The van der Waals surface area contributed by atoms with E-state index in [-0.39, 0.29) is 24.0 Å². The van der Waals surface area contributed by atoms with Gasteiger partial charge in [0.1, 0.15) is 6.04 Å². The Hall–Kier alpha value is -3.64. The van der Waals surface area contributed by atoms with Crippen molar-refractivity contribution in [3.8, 4) is 11.5 Å². The topological polar surface area (TPSA) is 132 Å². The van der Waals surface area contributed by atoms with E-state index in [1.54, 1.807) is 6.20 Å². The molecule has 1 saturated carbocycles. The summed E-state index contributed by atoms with van der Waals surface area (Å²) >= 11 is 0. The number of para-hydroxylation sites is 1. The van der Waals surface area contributed by atoms with Gasteiger partial charge in [0.05, 0.1) is 25.5 Å². The zero-order chi connectivity index (χ0) is 25.7. The maximum Gasteiger partial charge on any atom is 0.271 e. The average molecular weight is 504 g/mol. The van der Waals surface area contributed by atoms with E-state index in [4.69, 9.17) is 9.84 Å². The van der Waals surface area contributed by atoms with E-state index in [2.05, 4.69) is 15.5 Å². The number of carbonyl (C=O) groups is 1. The number of aliphatic hydroxyl groups excluding tert-OH is 2. The molecule has 0 unspecified atom stereocenters. The number of halogens is 2. The van der Waals surface area contributed by atoms with Gasteiger partial charge in [-0.25, -0.2) is 13.5 Å². The number of aromatic nitrogens is 4. The van der Waals surface area contributed by atoms with Crippen molar-refractivity contribution in [3.63, 3.8) is 0 Å². The van der Waals surface area contributed by atoms with Gasteiger partial charge in [0, 0.05) is 18.3 Å². The number of hydrogen-bond donors (Lipinski definition) is 3. The van der Waals surface area contributed by atoms with Crippen molar-refractivity contribution in [2.45, 2.75) is 50.8 Å². The standard InChI is InChI=1S/C24H27F2N5O5/c25-18-6-3-7-19(26)23(18)36-17-11-22(34)31(27-12-17)20(10-15-4-1-2-5-15)24(35)28-21-8-9-30(29-21)13-16(33)14-32/h3,6-9,11-12,15-16,20,32-33H,1-2,4-5,10,13-14H2,(H,28,29,35)/t16-,20-/m0/s1. The molecule has 1 aliphatic carbocycles. The monoisotopic (exact) mass is 503 g/mol. The Bertz CT molecular complexity index is 1240. The summed E-state index contributed by atoms with van der Waals surface area (Å²) in [6.45, 7) is -0.383. The molecule has 3 aromatic rings. The average Bonchev–Trinajstić information content (AvgIpc) is 3.52. The van der Waals surface area contributed by atoms with E-state index in [1.165, 1.54) is 16.8 Å². The molecule has 3 N–H and O–H groups in total. The smallest absolute Gasteiger partial charge is 0.271 e. The number of benzene rings is 1. The Morgan fingerprint density at radius 1 is 1.22 bits per heavy atom. The quantitative estimate of drug-likeness (QED) is 0.388. The van der Waals surface area contributed by atoms with Crippen LogP contribution in [0, 0.1) is 17.6 Å². The van der Waals surface area contributed by atoms with Gasteiger partial charge in [-0.05, 0) is 24.5 Å². The fraction of sp³-hybridized carbons (Fsp3) is 0.417. The summed E-state index contributed by atoms with van der Waals surface area (Å²) in [4.78, 5) is 26.1. The Kier molecular flexibility index (Phi) is 8.06. The molecule has 0 bridgehead atoms. The molecule has 1 aromatic carbocycles. The van der Waals surface area contributed by atoms with E-state index in [9.17, 15) is 23.5 Å². The normalized spacial score (nSPS) is 15.6. The second kappa shape index (κ2) is 11.4. The highest BCUT2D eigenvalue weighted by atomic mass is 19.1. The van der Waals surface area contributed by atoms with Gasteiger partial charge < -0.3 is 20.3 Å². The lowest BCUT2D eigenvalue weighted by Crippen LogP contribution is -2.36.